The number of para-hydroxylation sites is 1. The molecule has 2 N–H and O–H groups in total. The van der Waals surface area contributed by atoms with Crippen molar-refractivity contribution in [3.05, 3.63) is 48.0 Å². The lowest BCUT2D eigenvalue weighted by molar-refractivity contribution is -0.136. The van der Waals surface area contributed by atoms with Gasteiger partial charge in [0.2, 0.25) is 0 Å². The van der Waals surface area contributed by atoms with E-state index in [4.69, 9.17) is 9.47 Å². The number of rotatable bonds is 5. The monoisotopic (exact) mass is 311 g/mol. The number of aliphatic carboxylic acids is 1. The van der Waals surface area contributed by atoms with Crippen molar-refractivity contribution >= 4 is 16.9 Å². The number of fused-ring (bicyclic) bond motifs is 1. The first-order valence-corrected chi connectivity index (χ1v) is 7.17. The first kappa shape index (κ1) is 15.0. The van der Waals surface area contributed by atoms with E-state index in [2.05, 4.69) is 4.98 Å². The van der Waals surface area contributed by atoms with Crippen molar-refractivity contribution in [3.63, 3.8) is 0 Å². The van der Waals surface area contributed by atoms with E-state index >= 15 is 0 Å². The summed E-state index contributed by atoms with van der Waals surface area (Å²) in [6, 6.07) is 13.1. The van der Waals surface area contributed by atoms with Crippen molar-refractivity contribution in [1.29, 1.82) is 0 Å². The van der Waals surface area contributed by atoms with Gasteiger partial charge in [-0.25, -0.2) is 0 Å². The summed E-state index contributed by atoms with van der Waals surface area (Å²) in [5.41, 5.74) is 3.17. The van der Waals surface area contributed by atoms with Crippen LogP contribution in [0.4, 0.5) is 0 Å². The molecule has 3 rings (SSSR count). The van der Waals surface area contributed by atoms with Gasteiger partial charge in [0.05, 0.1) is 26.3 Å². The molecule has 5 nitrogen and oxygen atoms in total. The van der Waals surface area contributed by atoms with Crippen molar-refractivity contribution < 1.29 is 19.4 Å². The Bertz CT molecular complexity index is 867. The first-order valence-electron chi connectivity index (χ1n) is 7.17. The Morgan fingerprint density at radius 3 is 2.61 bits per heavy atom. The number of carboxylic acid groups (broad SMARTS) is 1. The maximum absolute atomic E-state index is 11.3. The summed E-state index contributed by atoms with van der Waals surface area (Å²) in [6.07, 6.45) is -0.0828. The Morgan fingerprint density at radius 2 is 1.91 bits per heavy atom. The second kappa shape index (κ2) is 6.04. The van der Waals surface area contributed by atoms with Gasteiger partial charge in [0.15, 0.2) is 0 Å². The third kappa shape index (κ3) is 2.73. The van der Waals surface area contributed by atoms with Crippen LogP contribution in [0.1, 0.15) is 5.56 Å². The molecular formula is C18H17NO4. The number of hydrogen-bond donors (Lipinski definition) is 2. The minimum Gasteiger partial charge on any atom is -0.497 e. The van der Waals surface area contributed by atoms with Crippen LogP contribution >= 0.6 is 0 Å². The molecule has 118 valence electrons. The Balaban J connectivity index is 2.28. The fourth-order valence-electron chi connectivity index (χ4n) is 2.77. The smallest absolute Gasteiger partial charge is 0.307 e. The highest BCUT2D eigenvalue weighted by atomic mass is 16.5. The number of benzene rings is 2. The molecule has 0 spiro atoms. The lowest BCUT2D eigenvalue weighted by Crippen LogP contribution is -2.01. The average molecular weight is 311 g/mol. The number of hydrogen-bond acceptors (Lipinski definition) is 3. The minimum atomic E-state index is -0.884. The van der Waals surface area contributed by atoms with Gasteiger partial charge in [-0.15, -0.1) is 0 Å². The Morgan fingerprint density at radius 1 is 1.13 bits per heavy atom. The summed E-state index contributed by atoms with van der Waals surface area (Å²) in [4.78, 5) is 14.6. The SMILES string of the molecule is COc1ccc2[nH]c(-c3ccccc3OC)c(CC(=O)O)c2c1. The van der Waals surface area contributed by atoms with E-state index in [-0.39, 0.29) is 6.42 Å². The highest BCUT2D eigenvalue weighted by Crippen LogP contribution is 2.37. The van der Waals surface area contributed by atoms with Crippen LogP contribution in [-0.2, 0) is 11.2 Å². The van der Waals surface area contributed by atoms with Gasteiger partial charge in [0.25, 0.3) is 0 Å². The van der Waals surface area contributed by atoms with Crippen LogP contribution in [0, 0.1) is 0 Å². The molecule has 1 aromatic heterocycles. The largest absolute Gasteiger partial charge is 0.497 e. The van der Waals surface area contributed by atoms with Crippen LogP contribution in [0.3, 0.4) is 0 Å². The second-order valence-corrected chi connectivity index (χ2v) is 5.16. The molecule has 5 heteroatoms. The maximum atomic E-state index is 11.3. The molecular weight excluding hydrogens is 294 g/mol. The van der Waals surface area contributed by atoms with Gasteiger partial charge in [-0.05, 0) is 35.9 Å². The zero-order valence-electron chi connectivity index (χ0n) is 12.9. The van der Waals surface area contributed by atoms with E-state index in [0.29, 0.717) is 11.5 Å². The topological polar surface area (TPSA) is 71.5 Å². The van der Waals surface area contributed by atoms with E-state index in [1.54, 1.807) is 14.2 Å². The molecule has 0 fully saturated rings. The van der Waals surface area contributed by atoms with Gasteiger partial charge in [-0.1, -0.05) is 12.1 Å². The number of methoxy groups -OCH3 is 2. The zero-order valence-corrected chi connectivity index (χ0v) is 12.9. The molecule has 2 aromatic carbocycles. The molecule has 0 radical (unpaired) electrons. The van der Waals surface area contributed by atoms with E-state index in [0.717, 1.165) is 27.7 Å². The van der Waals surface area contributed by atoms with Crippen LogP contribution in [0.15, 0.2) is 42.5 Å². The van der Waals surface area contributed by atoms with Crippen molar-refractivity contribution in [2.24, 2.45) is 0 Å². The third-order valence-corrected chi connectivity index (χ3v) is 3.82. The molecule has 3 aromatic rings. The molecule has 0 bridgehead atoms. The molecule has 0 atom stereocenters. The summed E-state index contributed by atoms with van der Waals surface area (Å²) in [5, 5.41) is 10.1. The molecule has 0 amide bonds. The Kier molecular flexibility index (Phi) is 3.93. The molecule has 0 saturated heterocycles. The van der Waals surface area contributed by atoms with E-state index in [9.17, 15) is 9.90 Å². The highest BCUT2D eigenvalue weighted by molar-refractivity contribution is 5.95. The van der Waals surface area contributed by atoms with Crippen LogP contribution in [0.2, 0.25) is 0 Å². The van der Waals surface area contributed by atoms with Gasteiger partial charge in [-0.2, -0.15) is 0 Å². The normalized spacial score (nSPS) is 10.7. The molecule has 0 unspecified atom stereocenters. The predicted octanol–water partition coefficient (Wildman–Crippen LogP) is 3.48. The number of aromatic nitrogens is 1. The summed E-state index contributed by atoms with van der Waals surface area (Å²) < 4.78 is 10.7. The number of ether oxygens (including phenoxy) is 2. The van der Waals surface area contributed by atoms with Crippen LogP contribution in [0.5, 0.6) is 11.5 Å². The zero-order chi connectivity index (χ0) is 16.4. The van der Waals surface area contributed by atoms with Crippen molar-refractivity contribution in [3.8, 4) is 22.8 Å². The van der Waals surface area contributed by atoms with Crippen LogP contribution in [-0.4, -0.2) is 30.3 Å². The summed E-state index contributed by atoms with van der Waals surface area (Å²) in [5.74, 6) is 0.497. The fourth-order valence-corrected chi connectivity index (χ4v) is 2.77. The highest BCUT2D eigenvalue weighted by Gasteiger charge is 2.18. The van der Waals surface area contributed by atoms with Gasteiger partial charge < -0.3 is 19.6 Å². The van der Waals surface area contributed by atoms with E-state index in [1.165, 1.54) is 0 Å². The molecule has 23 heavy (non-hydrogen) atoms. The number of aromatic amines is 1. The average Bonchev–Trinajstić information content (AvgIpc) is 2.91. The number of carboxylic acids is 1. The van der Waals surface area contributed by atoms with Gasteiger partial charge in [0, 0.05) is 16.5 Å². The minimum absolute atomic E-state index is 0.0828. The lowest BCUT2D eigenvalue weighted by Gasteiger charge is -2.08. The first-order chi connectivity index (χ1) is 11.1. The molecule has 0 aliphatic heterocycles. The molecule has 0 aliphatic carbocycles. The summed E-state index contributed by atoms with van der Waals surface area (Å²) >= 11 is 0. The molecule has 0 saturated carbocycles. The van der Waals surface area contributed by atoms with Crippen molar-refractivity contribution in [2.75, 3.05) is 14.2 Å². The van der Waals surface area contributed by atoms with Crippen molar-refractivity contribution in [1.82, 2.24) is 4.98 Å². The number of carbonyl (C=O) groups is 1. The van der Waals surface area contributed by atoms with Crippen LogP contribution in [0.25, 0.3) is 22.2 Å². The molecule has 1 heterocycles. The van der Waals surface area contributed by atoms with Crippen LogP contribution < -0.4 is 9.47 Å². The standard InChI is InChI=1S/C18H17NO4/c1-22-11-7-8-15-13(9-11)14(10-17(20)21)18(19-15)12-5-3-4-6-16(12)23-2/h3-9,19H,10H2,1-2H3,(H,20,21). The number of nitrogens with one attached hydrogen (secondary N) is 1. The second-order valence-electron chi connectivity index (χ2n) is 5.16. The quantitative estimate of drug-likeness (QED) is 0.756. The summed E-state index contributed by atoms with van der Waals surface area (Å²) in [7, 11) is 3.19. The van der Waals surface area contributed by atoms with E-state index in [1.807, 2.05) is 42.5 Å². The third-order valence-electron chi connectivity index (χ3n) is 3.82. The predicted molar refractivity (Wildman–Crippen MR) is 88.2 cm³/mol. The van der Waals surface area contributed by atoms with Gasteiger partial charge >= 0.3 is 5.97 Å². The maximum Gasteiger partial charge on any atom is 0.307 e. The summed E-state index contributed by atoms with van der Waals surface area (Å²) in [6.45, 7) is 0. The number of H-pyrrole nitrogens is 1. The van der Waals surface area contributed by atoms with Gasteiger partial charge in [0.1, 0.15) is 11.5 Å². The Labute approximate surface area is 133 Å². The van der Waals surface area contributed by atoms with Crippen molar-refractivity contribution in [2.45, 2.75) is 6.42 Å². The molecule has 0 aliphatic rings. The van der Waals surface area contributed by atoms with Gasteiger partial charge in [-0.3, -0.25) is 4.79 Å². The lowest BCUT2D eigenvalue weighted by atomic mass is 10.0. The Hall–Kier alpha value is -2.95. The van der Waals surface area contributed by atoms with E-state index < -0.39 is 5.97 Å². The fraction of sp³-hybridized carbons (Fsp3) is 0.167.